The van der Waals surface area contributed by atoms with Gasteiger partial charge in [0.1, 0.15) is 0 Å². The largest absolute Gasteiger partial charge is 0.338 e. The lowest BCUT2D eigenvalue weighted by Gasteiger charge is -2.22. The summed E-state index contributed by atoms with van der Waals surface area (Å²) in [5, 5.41) is 11.9. The lowest BCUT2D eigenvalue weighted by molar-refractivity contribution is 0.273. The first-order valence-electron chi connectivity index (χ1n) is 7.62. The lowest BCUT2D eigenvalue weighted by atomic mass is 10.0. The molecule has 21 heavy (non-hydrogen) atoms. The van der Waals surface area contributed by atoms with Gasteiger partial charge in [0.2, 0.25) is 5.89 Å². The molecule has 6 heteroatoms. The Hall–Kier alpha value is -1.69. The van der Waals surface area contributed by atoms with Gasteiger partial charge in [0, 0.05) is 30.8 Å². The number of aromatic nitrogens is 4. The Bertz CT molecular complexity index is 599. The molecule has 0 radical (unpaired) electrons. The van der Waals surface area contributed by atoms with Gasteiger partial charge in [-0.2, -0.15) is 10.1 Å². The zero-order chi connectivity index (χ0) is 15.0. The van der Waals surface area contributed by atoms with Crippen molar-refractivity contribution in [2.24, 2.45) is 13.0 Å². The highest BCUT2D eigenvalue weighted by Gasteiger charge is 2.31. The third-order valence-electron chi connectivity index (χ3n) is 3.99. The molecule has 1 fully saturated rings. The van der Waals surface area contributed by atoms with E-state index in [1.807, 2.05) is 24.1 Å². The van der Waals surface area contributed by atoms with Crippen molar-refractivity contribution in [3.05, 3.63) is 29.7 Å². The molecular weight excluding hydrogens is 266 g/mol. The highest BCUT2D eigenvalue weighted by molar-refractivity contribution is 5.11. The number of hydrogen-bond acceptors (Lipinski definition) is 5. The smallest absolute Gasteiger partial charge is 0.244 e. The Morgan fingerprint density at radius 1 is 1.33 bits per heavy atom. The second kappa shape index (κ2) is 5.60. The van der Waals surface area contributed by atoms with Crippen molar-refractivity contribution in [1.82, 2.24) is 25.2 Å². The van der Waals surface area contributed by atoms with Crippen LogP contribution in [0.15, 0.2) is 16.9 Å². The van der Waals surface area contributed by atoms with E-state index in [4.69, 9.17) is 4.52 Å². The first-order valence-corrected chi connectivity index (χ1v) is 7.62. The van der Waals surface area contributed by atoms with Crippen LogP contribution in [0.3, 0.4) is 0 Å². The van der Waals surface area contributed by atoms with E-state index in [-0.39, 0.29) is 12.1 Å². The molecule has 2 aromatic heterocycles. The number of aryl methyl sites for hydroxylation is 1. The Labute approximate surface area is 124 Å². The third kappa shape index (κ3) is 3.15. The van der Waals surface area contributed by atoms with Gasteiger partial charge in [0.05, 0.1) is 12.2 Å². The van der Waals surface area contributed by atoms with E-state index < -0.39 is 0 Å². The summed E-state index contributed by atoms with van der Waals surface area (Å²) in [5.41, 5.74) is 1.16. The van der Waals surface area contributed by atoms with Gasteiger partial charge in [-0.15, -0.1) is 0 Å². The maximum absolute atomic E-state index is 5.49. The van der Waals surface area contributed by atoms with Gasteiger partial charge >= 0.3 is 0 Å². The highest BCUT2D eigenvalue weighted by Crippen LogP contribution is 2.38. The lowest BCUT2D eigenvalue weighted by Crippen LogP contribution is -2.28. The molecule has 6 nitrogen and oxygen atoms in total. The Morgan fingerprint density at radius 2 is 2.10 bits per heavy atom. The topological polar surface area (TPSA) is 68.8 Å². The standard InChI is InChI=1S/C15H23N5O/c1-9(2)13(15-18-14(19-21-15)11-5-6-11)17-10(3)12-7-16-20(4)8-12/h7-11,13,17H,5-6H2,1-4H3. The fraction of sp³-hybridized carbons (Fsp3) is 0.667. The summed E-state index contributed by atoms with van der Waals surface area (Å²) in [6, 6.07) is 0.239. The van der Waals surface area contributed by atoms with E-state index in [0.29, 0.717) is 17.7 Å². The van der Waals surface area contributed by atoms with Crippen LogP contribution in [0, 0.1) is 5.92 Å². The van der Waals surface area contributed by atoms with Crippen LogP contribution in [0.4, 0.5) is 0 Å². The average molecular weight is 289 g/mol. The van der Waals surface area contributed by atoms with Gasteiger partial charge in [0.15, 0.2) is 5.82 Å². The molecule has 2 atom stereocenters. The van der Waals surface area contributed by atoms with Crippen molar-refractivity contribution >= 4 is 0 Å². The van der Waals surface area contributed by atoms with Crippen LogP contribution in [-0.2, 0) is 7.05 Å². The Morgan fingerprint density at radius 3 is 2.67 bits per heavy atom. The number of nitrogens with zero attached hydrogens (tertiary/aromatic N) is 4. The van der Waals surface area contributed by atoms with Crippen LogP contribution in [0.2, 0.25) is 0 Å². The van der Waals surface area contributed by atoms with Crippen LogP contribution < -0.4 is 5.32 Å². The fourth-order valence-corrected chi connectivity index (χ4v) is 2.46. The van der Waals surface area contributed by atoms with Crippen LogP contribution in [0.25, 0.3) is 0 Å². The van der Waals surface area contributed by atoms with Crippen molar-refractivity contribution in [3.8, 4) is 0 Å². The summed E-state index contributed by atoms with van der Waals surface area (Å²) >= 11 is 0. The molecule has 0 aliphatic heterocycles. The first kappa shape index (κ1) is 14.3. The molecule has 1 saturated carbocycles. The van der Waals surface area contributed by atoms with Gasteiger partial charge in [-0.3, -0.25) is 10.00 Å². The molecule has 0 aromatic carbocycles. The minimum absolute atomic E-state index is 0.0557. The molecule has 1 aliphatic rings. The summed E-state index contributed by atoms with van der Waals surface area (Å²) in [4.78, 5) is 4.58. The molecule has 0 amide bonds. The van der Waals surface area contributed by atoms with Crippen molar-refractivity contribution < 1.29 is 4.52 Å². The van der Waals surface area contributed by atoms with E-state index >= 15 is 0 Å². The number of hydrogen-bond donors (Lipinski definition) is 1. The molecule has 1 N–H and O–H groups in total. The van der Waals surface area contributed by atoms with Gasteiger partial charge in [-0.25, -0.2) is 0 Å². The predicted molar refractivity (Wildman–Crippen MR) is 78.6 cm³/mol. The normalized spacial score (nSPS) is 18.1. The molecule has 0 bridgehead atoms. The zero-order valence-electron chi connectivity index (χ0n) is 13.1. The molecule has 1 aliphatic carbocycles. The molecule has 0 saturated heterocycles. The van der Waals surface area contributed by atoms with Crippen LogP contribution >= 0.6 is 0 Å². The van der Waals surface area contributed by atoms with E-state index in [1.165, 1.54) is 12.8 Å². The molecule has 114 valence electrons. The van der Waals surface area contributed by atoms with Crippen molar-refractivity contribution in [2.45, 2.75) is 51.6 Å². The van der Waals surface area contributed by atoms with E-state index in [2.05, 4.69) is 41.3 Å². The van der Waals surface area contributed by atoms with E-state index in [0.717, 1.165) is 11.4 Å². The fourth-order valence-electron chi connectivity index (χ4n) is 2.46. The van der Waals surface area contributed by atoms with Crippen molar-refractivity contribution in [1.29, 1.82) is 0 Å². The molecule has 3 rings (SSSR count). The van der Waals surface area contributed by atoms with E-state index in [1.54, 1.807) is 0 Å². The molecule has 2 heterocycles. The average Bonchev–Trinajstić information content (AvgIpc) is 3.01. The zero-order valence-corrected chi connectivity index (χ0v) is 13.1. The summed E-state index contributed by atoms with van der Waals surface area (Å²) < 4.78 is 7.30. The summed E-state index contributed by atoms with van der Waals surface area (Å²) in [7, 11) is 1.93. The molecule has 2 aromatic rings. The second-order valence-electron chi connectivity index (χ2n) is 6.32. The minimum Gasteiger partial charge on any atom is -0.338 e. The molecular formula is C15H23N5O. The summed E-state index contributed by atoms with van der Waals surface area (Å²) in [6.45, 7) is 6.45. The monoisotopic (exact) mass is 289 g/mol. The van der Waals surface area contributed by atoms with Crippen molar-refractivity contribution in [3.63, 3.8) is 0 Å². The Kier molecular flexibility index (Phi) is 3.80. The Balaban J connectivity index is 1.74. The predicted octanol–water partition coefficient (Wildman–Crippen LogP) is 2.73. The van der Waals surface area contributed by atoms with Crippen molar-refractivity contribution in [2.75, 3.05) is 0 Å². The number of nitrogens with one attached hydrogen (secondary N) is 1. The summed E-state index contributed by atoms with van der Waals surface area (Å²) in [6.07, 6.45) is 6.28. The minimum atomic E-state index is 0.0557. The van der Waals surface area contributed by atoms with Gasteiger partial charge < -0.3 is 4.52 Å². The third-order valence-corrected chi connectivity index (χ3v) is 3.99. The second-order valence-corrected chi connectivity index (χ2v) is 6.32. The quantitative estimate of drug-likeness (QED) is 0.885. The van der Waals surface area contributed by atoms with Crippen LogP contribution in [0.5, 0.6) is 0 Å². The first-order chi connectivity index (χ1) is 10.0. The maximum atomic E-state index is 5.49. The van der Waals surface area contributed by atoms with Crippen LogP contribution in [-0.4, -0.2) is 19.9 Å². The molecule has 2 unspecified atom stereocenters. The van der Waals surface area contributed by atoms with Gasteiger partial charge in [0.25, 0.3) is 0 Å². The van der Waals surface area contributed by atoms with Crippen LogP contribution in [0.1, 0.15) is 68.9 Å². The summed E-state index contributed by atoms with van der Waals surface area (Å²) in [5.74, 6) is 2.46. The van der Waals surface area contributed by atoms with E-state index in [9.17, 15) is 0 Å². The highest BCUT2D eigenvalue weighted by atomic mass is 16.5. The molecule has 0 spiro atoms. The van der Waals surface area contributed by atoms with Gasteiger partial charge in [-0.05, 0) is 25.7 Å². The number of rotatable bonds is 6. The maximum Gasteiger partial charge on any atom is 0.244 e. The van der Waals surface area contributed by atoms with Gasteiger partial charge in [-0.1, -0.05) is 19.0 Å². The SMILES string of the molecule is CC(NC(c1nc(C2CC2)no1)C(C)C)c1cnn(C)c1.